The second-order valence-corrected chi connectivity index (χ2v) is 10.6. The zero-order valence-corrected chi connectivity index (χ0v) is 22.3. The van der Waals surface area contributed by atoms with E-state index in [2.05, 4.69) is 26.3 Å². The normalized spacial score (nSPS) is 15.8. The third-order valence-corrected chi connectivity index (χ3v) is 7.10. The molecule has 1 fully saturated rings. The highest BCUT2D eigenvalue weighted by molar-refractivity contribution is 5.98. The van der Waals surface area contributed by atoms with Crippen molar-refractivity contribution in [1.82, 2.24) is 9.97 Å². The number of H-pyrrole nitrogens is 1. The van der Waals surface area contributed by atoms with E-state index in [1.54, 1.807) is 24.4 Å². The molecule has 1 aliphatic heterocycles. The van der Waals surface area contributed by atoms with Gasteiger partial charge in [0.1, 0.15) is 34.5 Å². The smallest absolute Gasteiger partial charge is 0.420 e. The van der Waals surface area contributed by atoms with E-state index in [9.17, 15) is 18.4 Å². The Balaban J connectivity index is 1.34. The number of rotatable bonds is 6. The van der Waals surface area contributed by atoms with Crippen LogP contribution in [0.5, 0.6) is 17.2 Å². The molecule has 2 N–H and O–H groups in total. The minimum absolute atomic E-state index is 0.104. The van der Waals surface area contributed by atoms with Gasteiger partial charge >= 0.3 is 6.18 Å². The molecule has 2 aromatic carbocycles. The predicted molar refractivity (Wildman–Crippen MR) is 147 cm³/mol. The van der Waals surface area contributed by atoms with Crippen molar-refractivity contribution in [1.29, 1.82) is 5.26 Å². The van der Waals surface area contributed by atoms with Crippen LogP contribution in [0.25, 0.3) is 22.2 Å². The van der Waals surface area contributed by atoms with E-state index in [1.807, 2.05) is 13.8 Å². The largest absolute Gasteiger partial charge is 0.490 e. The fraction of sp³-hybridized carbons (Fsp3) is 0.300. The Labute approximate surface area is 233 Å². The van der Waals surface area contributed by atoms with Crippen LogP contribution in [-0.4, -0.2) is 35.2 Å². The first kappa shape index (κ1) is 26.5. The molecule has 0 amide bonds. The van der Waals surface area contributed by atoms with Crippen LogP contribution >= 0.6 is 0 Å². The van der Waals surface area contributed by atoms with Crippen molar-refractivity contribution >= 4 is 22.7 Å². The molecule has 210 valence electrons. The van der Waals surface area contributed by atoms with Crippen LogP contribution in [0, 0.1) is 16.7 Å². The van der Waals surface area contributed by atoms with Crippen LogP contribution in [0.2, 0.25) is 0 Å². The van der Waals surface area contributed by atoms with Gasteiger partial charge in [-0.25, -0.2) is 9.98 Å². The fourth-order valence-electron chi connectivity index (χ4n) is 4.75. The Kier molecular flexibility index (Phi) is 6.49. The maximum Gasteiger partial charge on any atom is 0.420 e. The lowest BCUT2D eigenvalue weighted by Crippen LogP contribution is -2.29. The second-order valence-electron chi connectivity index (χ2n) is 10.6. The molecule has 2 aliphatic rings. The molecule has 0 atom stereocenters. The van der Waals surface area contributed by atoms with Crippen LogP contribution in [-0.2, 0) is 10.9 Å². The summed E-state index contributed by atoms with van der Waals surface area (Å²) in [6.07, 6.45) is 0.423. The lowest BCUT2D eigenvalue weighted by Gasteiger charge is -2.22. The van der Waals surface area contributed by atoms with Gasteiger partial charge in [0, 0.05) is 29.1 Å². The molecule has 1 saturated carbocycles. The van der Waals surface area contributed by atoms with Gasteiger partial charge in [0.2, 0.25) is 0 Å². The Bertz CT molecular complexity index is 1700. The van der Waals surface area contributed by atoms with E-state index < -0.39 is 11.7 Å². The number of hydrogen-bond acceptors (Lipinski definition) is 7. The molecule has 4 aromatic rings. The van der Waals surface area contributed by atoms with Gasteiger partial charge in [-0.15, -0.1) is 0 Å². The molecule has 0 saturated heterocycles. The van der Waals surface area contributed by atoms with E-state index in [0.717, 1.165) is 18.9 Å². The summed E-state index contributed by atoms with van der Waals surface area (Å²) >= 11 is 0. The van der Waals surface area contributed by atoms with E-state index in [4.69, 9.17) is 14.2 Å². The van der Waals surface area contributed by atoms with Gasteiger partial charge in [0.05, 0.1) is 30.2 Å². The van der Waals surface area contributed by atoms with Crippen molar-refractivity contribution in [2.45, 2.75) is 39.0 Å². The molecule has 41 heavy (non-hydrogen) atoms. The maximum absolute atomic E-state index is 14.2. The third-order valence-electron chi connectivity index (χ3n) is 7.10. The number of amidine groups is 1. The molecule has 0 unspecified atom stereocenters. The average molecular weight is 562 g/mol. The number of halogens is 3. The summed E-state index contributed by atoms with van der Waals surface area (Å²) in [4.78, 5) is 11.7. The summed E-state index contributed by atoms with van der Waals surface area (Å²) in [7, 11) is 0. The molecule has 2 aromatic heterocycles. The number of hydrogen-bond donors (Lipinski definition) is 2. The number of fused-ring (bicyclic) bond motifs is 1. The quantitative estimate of drug-likeness (QED) is 0.256. The summed E-state index contributed by atoms with van der Waals surface area (Å²) in [6.45, 7) is 4.83. The number of alkyl halides is 3. The van der Waals surface area contributed by atoms with Gasteiger partial charge in [-0.3, -0.25) is 0 Å². The summed E-state index contributed by atoms with van der Waals surface area (Å²) in [5.74, 6) is 0.249. The first-order valence-corrected chi connectivity index (χ1v) is 13.1. The zero-order valence-electron chi connectivity index (χ0n) is 22.3. The van der Waals surface area contributed by atoms with E-state index in [1.165, 1.54) is 24.4 Å². The maximum atomic E-state index is 14.2. The number of anilines is 1. The molecule has 8 nitrogen and oxygen atoms in total. The summed E-state index contributed by atoms with van der Waals surface area (Å²) in [5.41, 5.74) is 1.35. The van der Waals surface area contributed by atoms with Crippen molar-refractivity contribution in [2.75, 3.05) is 18.5 Å². The Morgan fingerprint density at radius 2 is 1.90 bits per heavy atom. The molecule has 3 heterocycles. The number of aromatic nitrogens is 2. The lowest BCUT2D eigenvalue weighted by atomic mass is 10.0. The number of ether oxygens (including phenoxy) is 3. The van der Waals surface area contributed by atoms with Crippen LogP contribution in [0.1, 0.15) is 37.8 Å². The van der Waals surface area contributed by atoms with Crippen LogP contribution < -0.4 is 14.8 Å². The van der Waals surface area contributed by atoms with E-state index >= 15 is 0 Å². The van der Waals surface area contributed by atoms with Gasteiger partial charge < -0.3 is 24.5 Å². The first-order chi connectivity index (χ1) is 19.6. The van der Waals surface area contributed by atoms with Crippen molar-refractivity contribution in [3.63, 3.8) is 0 Å². The Hall–Kier alpha value is -4.72. The average Bonchev–Trinajstić information content (AvgIpc) is 3.55. The highest BCUT2D eigenvalue weighted by atomic mass is 19.4. The van der Waals surface area contributed by atoms with Crippen molar-refractivity contribution < 1.29 is 27.4 Å². The monoisotopic (exact) mass is 561 g/mol. The topological polar surface area (TPSA) is 105 Å². The second kappa shape index (κ2) is 10.0. The van der Waals surface area contributed by atoms with Crippen LogP contribution in [0.4, 0.5) is 18.9 Å². The molecule has 1 spiro atoms. The van der Waals surface area contributed by atoms with Crippen molar-refractivity contribution in [3.05, 3.63) is 66.0 Å². The van der Waals surface area contributed by atoms with Crippen molar-refractivity contribution in [2.24, 2.45) is 10.4 Å². The highest BCUT2D eigenvalue weighted by Gasteiger charge is 2.45. The minimum Gasteiger partial charge on any atom is -0.490 e. The van der Waals surface area contributed by atoms with Crippen LogP contribution in [0.3, 0.4) is 0 Å². The van der Waals surface area contributed by atoms with Crippen molar-refractivity contribution in [3.8, 4) is 34.4 Å². The standard InChI is InChI=1S/C30H26F3N5O3/c1-17(2)40-23-5-3-18(11-19(23)13-34)21-14-36-27-26(21)25(7-10-35-27)41-24-6-4-20(12-22(24)30(31,32)33)38-28-37-15-29(8-9-29)16-39-28/h3-7,10-12,14,17H,8-9,15-16H2,1-2H3,(H,35,36)(H,37,38). The molecular formula is C30H26F3N5O3. The number of nitriles is 1. The fourth-order valence-corrected chi connectivity index (χ4v) is 4.75. The number of aliphatic imine (C=N–C) groups is 1. The van der Waals surface area contributed by atoms with E-state index in [-0.39, 0.29) is 34.7 Å². The SMILES string of the molecule is CC(C)Oc1ccc(-c2c[nH]c3nccc(Oc4ccc(NC5=NCC6(CC6)CO5)cc4C(F)(F)F)c23)cc1C#N. The Morgan fingerprint density at radius 1 is 1.10 bits per heavy atom. The van der Waals surface area contributed by atoms with Gasteiger partial charge in [-0.05, 0) is 68.7 Å². The molecule has 0 radical (unpaired) electrons. The number of pyridine rings is 1. The molecule has 11 heteroatoms. The van der Waals surface area contributed by atoms with Gasteiger partial charge in [0.15, 0.2) is 0 Å². The molecule has 0 bridgehead atoms. The number of aromatic amines is 1. The summed E-state index contributed by atoms with van der Waals surface area (Å²) in [6, 6.07) is 12.7. The predicted octanol–water partition coefficient (Wildman–Crippen LogP) is 7.28. The first-order valence-electron chi connectivity index (χ1n) is 13.1. The minimum atomic E-state index is -4.69. The Morgan fingerprint density at radius 3 is 2.59 bits per heavy atom. The number of benzene rings is 2. The lowest BCUT2D eigenvalue weighted by molar-refractivity contribution is -0.138. The highest BCUT2D eigenvalue weighted by Crippen LogP contribution is 2.47. The summed E-state index contributed by atoms with van der Waals surface area (Å²) in [5, 5.41) is 13.0. The van der Waals surface area contributed by atoms with Crippen LogP contribution in [0.15, 0.2) is 59.9 Å². The molecular weight excluding hydrogens is 535 g/mol. The molecule has 1 aliphatic carbocycles. The zero-order chi connectivity index (χ0) is 28.8. The molecule has 6 rings (SSSR count). The summed E-state index contributed by atoms with van der Waals surface area (Å²) < 4.78 is 59.9. The van der Waals surface area contributed by atoms with Gasteiger partial charge in [-0.2, -0.15) is 18.4 Å². The number of nitrogens with one attached hydrogen (secondary N) is 2. The third kappa shape index (κ3) is 5.37. The number of nitrogens with zero attached hydrogens (tertiary/aromatic N) is 3. The van der Waals surface area contributed by atoms with E-state index in [0.29, 0.717) is 46.6 Å². The van der Waals surface area contributed by atoms with Gasteiger partial charge in [0.25, 0.3) is 6.02 Å². The van der Waals surface area contributed by atoms with Gasteiger partial charge in [-0.1, -0.05) is 6.07 Å².